The van der Waals surface area contributed by atoms with E-state index in [4.69, 9.17) is 15.7 Å². The Morgan fingerprint density at radius 1 is 1.33 bits per heavy atom. The van der Waals surface area contributed by atoms with E-state index in [1.165, 1.54) is 0 Å². The van der Waals surface area contributed by atoms with Gasteiger partial charge in [0.1, 0.15) is 5.75 Å². The number of nitrogens with one attached hydrogen (secondary N) is 1. The average Bonchev–Trinajstić information content (AvgIpc) is 2.42. The van der Waals surface area contributed by atoms with Gasteiger partial charge in [-0.2, -0.15) is 9.37 Å². The lowest BCUT2D eigenvalue weighted by molar-refractivity contribution is 0.281. The van der Waals surface area contributed by atoms with Crippen molar-refractivity contribution in [3.8, 4) is 11.6 Å². The first-order valence-corrected chi connectivity index (χ1v) is 5.09. The Kier molecular flexibility index (Phi) is 3.66. The Hall–Kier alpha value is -2.25. The Bertz CT molecular complexity index is 533. The van der Waals surface area contributed by atoms with Gasteiger partial charge in [0.15, 0.2) is 0 Å². The quantitative estimate of drug-likeness (QED) is 0.557. The van der Waals surface area contributed by atoms with E-state index in [9.17, 15) is 4.39 Å². The number of halogens is 1. The highest BCUT2D eigenvalue weighted by Crippen LogP contribution is 2.22. The highest BCUT2D eigenvalue weighted by molar-refractivity contribution is 5.33. The normalized spacial score (nSPS) is 10.2. The predicted molar refractivity (Wildman–Crippen MR) is 62.2 cm³/mol. The molecule has 2 aromatic rings. The van der Waals surface area contributed by atoms with Gasteiger partial charge in [0.25, 0.3) is 5.88 Å². The van der Waals surface area contributed by atoms with Gasteiger partial charge < -0.3 is 9.84 Å². The van der Waals surface area contributed by atoms with Crippen molar-refractivity contribution in [3.05, 3.63) is 41.8 Å². The molecule has 0 aliphatic rings. The van der Waals surface area contributed by atoms with Crippen molar-refractivity contribution >= 4 is 5.95 Å². The Labute approximate surface area is 102 Å². The number of aromatic nitrogens is 2. The van der Waals surface area contributed by atoms with Gasteiger partial charge in [-0.3, -0.25) is 5.43 Å². The molecule has 2 rings (SSSR count). The summed E-state index contributed by atoms with van der Waals surface area (Å²) in [5.74, 6) is 4.65. The number of aliphatic hydroxyl groups is 1. The van der Waals surface area contributed by atoms with Crippen LogP contribution in [0.4, 0.5) is 10.3 Å². The molecule has 0 spiro atoms. The van der Waals surface area contributed by atoms with Crippen LogP contribution in [0.1, 0.15) is 5.56 Å². The van der Waals surface area contributed by atoms with Crippen molar-refractivity contribution in [1.82, 2.24) is 9.97 Å². The van der Waals surface area contributed by atoms with Gasteiger partial charge in [-0.05, 0) is 17.7 Å². The molecule has 0 saturated heterocycles. The molecule has 4 N–H and O–H groups in total. The highest BCUT2D eigenvalue weighted by atomic mass is 19.1. The van der Waals surface area contributed by atoms with E-state index in [2.05, 4.69) is 15.4 Å². The second-order valence-corrected chi connectivity index (χ2v) is 3.40. The minimum absolute atomic E-state index is 0.0541. The smallest absolute Gasteiger partial charge is 0.260 e. The minimum Gasteiger partial charge on any atom is -0.436 e. The van der Waals surface area contributed by atoms with Crippen molar-refractivity contribution in [2.45, 2.75) is 6.61 Å². The molecular weight excluding hydrogens is 239 g/mol. The van der Waals surface area contributed by atoms with Crippen LogP contribution in [-0.2, 0) is 6.61 Å². The summed E-state index contributed by atoms with van der Waals surface area (Å²) in [6, 6.07) is 6.53. The molecule has 0 radical (unpaired) electrons. The van der Waals surface area contributed by atoms with E-state index in [-0.39, 0.29) is 18.4 Å². The molecule has 0 amide bonds. The fraction of sp³-hybridized carbons (Fsp3) is 0.0909. The van der Waals surface area contributed by atoms with Gasteiger partial charge in [0.2, 0.25) is 11.8 Å². The second-order valence-electron chi connectivity index (χ2n) is 3.40. The molecule has 0 fully saturated rings. The number of hydrogen-bond acceptors (Lipinski definition) is 6. The zero-order chi connectivity index (χ0) is 13.0. The van der Waals surface area contributed by atoms with Gasteiger partial charge in [-0.25, -0.2) is 10.8 Å². The maximum Gasteiger partial charge on any atom is 0.260 e. The van der Waals surface area contributed by atoms with Crippen LogP contribution in [0.15, 0.2) is 30.5 Å². The van der Waals surface area contributed by atoms with E-state index >= 15 is 0 Å². The molecule has 0 atom stereocenters. The summed E-state index contributed by atoms with van der Waals surface area (Å²) in [6.45, 7) is -0.0661. The van der Waals surface area contributed by atoms with Crippen molar-refractivity contribution in [2.24, 2.45) is 5.84 Å². The first-order valence-electron chi connectivity index (χ1n) is 5.09. The van der Waals surface area contributed by atoms with Crippen molar-refractivity contribution < 1.29 is 14.2 Å². The predicted octanol–water partition coefficient (Wildman–Crippen LogP) is 1.19. The molecule has 18 heavy (non-hydrogen) atoms. The third-order valence-electron chi connectivity index (χ3n) is 2.16. The summed E-state index contributed by atoms with van der Waals surface area (Å²) in [6.07, 6.45) is 0.958. The minimum atomic E-state index is -0.694. The molecular formula is C11H11FN4O2. The van der Waals surface area contributed by atoms with Gasteiger partial charge in [0.05, 0.1) is 12.8 Å². The molecule has 1 heterocycles. The highest BCUT2D eigenvalue weighted by Gasteiger charge is 2.08. The number of nitrogens with zero attached hydrogens (tertiary/aromatic N) is 2. The van der Waals surface area contributed by atoms with Crippen molar-refractivity contribution in [1.29, 1.82) is 0 Å². The standard InChI is InChI=1S/C11H11FN4O2/c12-9-5-14-11(16-13)15-10(9)18-8-3-1-7(6-17)2-4-8/h1-5,17H,6,13H2,(H,14,15,16). The maximum atomic E-state index is 13.4. The van der Waals surface area contributed by atoms with Crippen LogP contribution >= 0.6 is 0 Å². The van der Waals surface area contributed by atoms with Crippen LogP contribution in [-0.4, -0.2) is 15.1 Å². The summed E-state index contributed by atoms with van der Waals surface area (Å²) in [5.41, 5.74) is 2.93. The van der Waals surface area contributed by atoms with Crippen molar-refractivity contribution in [2.75, 3.05) is 5.43 Å². The Balaban J connectivity index is 2.21. The molecule has 6 nitrogen and oxygen atoms in total. The monoisotopic (exact) mass is 250 g/mol. The number of anilines is 1. The molecule has 94 valence electrons. The third kappa shape index (κ3) is 2.70. The number of nitrogens with two attached hydrogens (primary N) is 1. The number of hydrazine groups is 1. The summed E-state index contributed by atoms with van der Waals surface area (Å²) in [4.78, 5) is 7.33. The molecule has 0 saturated carbocycles. The van der Waals surface area contributed by atoms with E-state index in [0.29, 0.717) is 5.75 Å². The third-order valence-corrected chi connectivity index (χ3v) is 2.16. The largest absolute Gasteiger partial charge is 0.436 e. The lowest BCUT2D eigenvalue weighted by Crippen LogP contribution is -2.11. The first kappa shape index (κ1) is 12.2. The van der Waals surface area contributed by atoms with Gasteiger partial charge in [0, 0.05) is 0 Å². The lowest BCUT2D eigenvalue weighted by atomic mass is 10.2. The summed E-state index contributed by atoms with van der Waals surface area (Å²) in [7, 11) is 0. The lowest BCUT2D eigenvalue weighted by Gasteiger charge is -2.07. The van der Waals surface area contributed by atoms with Crippen molar-refractivity contribution in [3.63, 3.8) is 0 Å². The van der Waals surface area contributed by atoms with Gasteiger partial charge in [-0.1, -0.05) is 12.1 Å². The first-order chi connectivity index (χ1) is 8.72. The van der Waals surface area contributed by atoms with Crippen LogP contribution < -0.4 is 16.0 Å². The molecule has 1 aromatic carbocycles. The number of benzene rings is 1. The Morgan fingerprint density at radius 2 is 2.06 bits per heavy atom. The number of hydrogen-bond donors (Lipinski definition) is 3. The van der Waals surface area contributed by atoms with Gasteiger partial charge >= 0.3 is 0 Å². The van der Waals surface area contributed by atoms with E-state index in [0.717, 1.165) is 11.8 Å². The summed E-state index contributed by atoms with van der Waals surface area (Å²) >= 11 is 0. The van der Waals surface area contributed by atoms with Crippen LogP contribution in [0.5, 0.6) is 11.6 Å². The fourth-order valence-corrected chi connectivity index (χ4v) is 1.27. The molecule has 7 heteroatoms. The van der Waals surface area contributed by atoms with E-state index < -0.39 is 5.82 Å². The van der Waals surface area contributed by atoms with Crippen LogP contribution in [0, 0.1) is 5.82 Å². The summed E-state index contributed by atoms with van der Waals surface area (Å²) in [5, 5.41) is 8.89. The maximum absolute atomic E-state index is 13.4. The molecule has 0 aliphatic heterocycles. The van der Waals surface area contributed by atoms with E-state index in [1.807, 2.05) is 0 Å². The number of rotatable bonds is 4. The van der Waals surface area contributed by atoms with Gasteiger partial charge in [-0.15, -0.1) is 0 Å². The topological polar surface area (TPSA) is 93.3 Å². The van der Waals surface area contributed by atoms with Crippen LogP contribution in [0.2, 0.25) is 0 Å². The Morgan fingerprint density at radius 3 is 2.67 bits per heavy atom. The number of nitrogen functional groups attached to an aromatic ring is 1. The van der Waals surface area contributed by atoms with E-state index in [1.54, 1.807) is 24.3 Å². The molecule has 0 unspecified atom stereocenters. The molecule has 1 aromatic heterocycles. The number of aliphatic hydroxyl groups excluding tert-OH is 1. The molecule has 0 bridgehead atoms. The van der Waals surface area contributed by atoms with Crippen LogP contribution in [0.25, 0.3) is 0 Å². The van der Waals surface area contributed by atoms with Crippen LogP contribution in [0.3, 0.4) is 0 Å². The molecule has 0 aliphatic carbocycles. The SMILES string of the molecule is NNc1ncc(F)c(Oc2ccc(CO)cc2)n1. The fourth-order valence-electron chi connectivity index (χ4n) is 1.27. The average molecular weight is 250 g/mol. The zero-order valence-electron chi connectivity index (χ0n) is 9.30. The zero-order valence-corrected chi connectivity index (χ0v) is 9.30. The number of ether oxygens (including phenoxy) is 1. The second kappa shape index (κ2) is 5.39. The summed E-state index contributed by atoms with van der Waals surface area (Å²) < 4.78 is 18.6.